The van der Waals surface area contributed by atoms with Crippen LogP contribution in [-0.4, -0.2) is 12.3 Å². The summed E-state index contributed by atoms with van der Waals surface area (Å²) in [6.07, 6.45) is 1.27. The minimum Gasteiger partial charge on any atom is -0.301 e. The Morgan fingerprint density at radius 1 is 1.62 bits per heavy atom. The zero-order valence-electron chi connectivity index (χ0n) is 6.85. The molecule has 1 aliphatic rings. The second kappa shape index (κ2) is 4.53. The summed E-state index contributed by atoms with van der Waals surface area (Å²) in [6.45, 7) is 1.12. The molecular formula is C8H9BrClNS2. The molecule has 0 aromatic carbocycles. The van der Waals surface area contributed by atoms with E-state index in [9.17, 15) is 0 Å². The standard InChI is InChI=1S/C8H9BrClNS2/c9-5-4-6(13-7(5)10)8-11-2-1-3-12-8/h4,8,11H,1-3H2. The monoisotopic (exact) mass is 297 g/mol. The van der Waals surface area contributed by atoms with Crippen LogP contribution in [0.3, 0.4) is 0 Å². The molecule has 1 aliphatic heterocycles. The van der Waals surface area contributed by atoms with E-state index in [1.54, 1.807) is 11.3 Å². The molecule has 1 N–H and O–H groups in total. The molecule has 0 spiro atoms. The maximum Gasteiger partial charge on any atom is 0.107 e. The summed E-state index contributed by atoms with van der Waals surface area (Å²) in [5.41, 5.74) is 0. The van der Waals surface area contributed by atoms with Crippen LogP contribution in [0.1, 0.15) is 16.7 Å². The fourth-order valence-electron chi connectivity index (χ4n) is 1.24. The first kappa shape index (κ1) is 10.3. The van der Waals surface area contributed by atoms with Crippen LogP contribution in [0.5, 0.6) is 0 Å². The van der Waals surface area contributed by atoms with E-state index in [2.05, 4.69) is 27.3 Å². The van der Waals surface area contributed by atoms with Crippen LogP contribution >= 0.6 is 50.6 Å². The number of nitrogens with one attached hydrogen (secondary N) is 1. The number of hydrogen-bond donors (Lipinski definition) is 1. The summed E-state index contributed by atoms with van der Waals surface area (Å²) in [5.74, 6) is 1.24. The Bertz CT molecular complexity index is 277. The van der Waals surface area contributed by atoms with Gasteiger partial charge in [-0.1, -0.05) is 11.6 Å². The lowest BCUT2D eigenvalue weighted by Gasteiger charge is -2.21. The van der Waals surface area contributed by atoms with Crippen molar-refractivity contribution >= 4 is 50.6 Å². The molecule has 0 aliphatic carbocycles. The first-order valence-corrected chi connectivity index (χ1v) is 7.11. The largest absolute Gasteiger partial charge is 0.301 e. The molecule has 1 fully saturated rings. The lowest BCUT2D eigenvalue weighted by Crippen LogP contribution is -2.24. The average molecular weight is 299 g/mol. The van der Waals surface area contributed by atoms with Crippen molar-refractivity contribution in [2.75, 3.05) is 12.3 Å². The van der Waals surface area contributed by atoms with Gasteiger partial charge in [-0.25, -0.2) is 0 Å². The molecule has 0 amide bonds. The summed E-state index contributed by atoms with van der Waals surface area (Å²) in [6, 6.07) is 2.11. The lowest BCUT2D eigenvalue weighted by atomic mass is 10.4. The van der Waals surface area contributed by atoms with Crippen LogP contribution in [0.4, 0.5) is 0 Å². The first-order chi connectivity index (χ1) is 6.27. The van der Waals surface area contributed by atoms with E-state index in [0.717, 1.165) is 15.4 Å². The van der Waals surface area contributed by atoms with Crippen LogP contribution in [0.2, 0.25) is 4.34 Å². The van der Waals surface area contributed by atoms with Gasteiger partial charge in [-0.05, 0) is 40.7 Å². The maximum atomic E-state index is 5.98. The third-order valence-corrected chi connectivity index (χ3v) is 5.83. The molecule has 1 saturated heterocycles. The summed E-state index contributed by atoms with van der Waals surface area (Å²) < 4.78 is 1.87. The van der Waals surface area contributed by atoms with Gasteiger partial charge in [-0.15, -0.1) is 23.1 Å². The zero-order valence-corrected chi connectivity index (χ0v) is 10.8. The predicted molar refractivity (Wildman–Crippen MR) is 64.8 cm³/mol. The van der Waals surface area contributed by atoms with Crippen molar-refractivity contribution in [3.8, 4) is 0 Å². The molecule has 1 aromatic heterocycles. The third kappa shape index (κ3) is 2.42. The number of thiophene rings is 1. The molecule has 1 unspecified atom stereocenters. The fraction of sp³-hybridized carbons (Fsp3) is 0.500. The van der Waals surface area contributed by atoms with Gasteiger partial charge >= 0.3 is 0 Å². The smallest absolute Gasteiger partial charge is 0.107 e. The number of halogens is 2. The highest BCUT2D eigenvalue weighted by molar-refractivity contribution is 9.10. The molecule has 2 heterocycles. The van der Waals surface area contributed by atoms with Gasteiger partial charge in [0.1, 0.15) is 4.34 Å². The topological polar surface area (TPSA) is 12.0 Å². The summed E-state index contributed by atoms with van der Waals surface area (Å²) in [4.78, 5) is 1.32. The van der Waals surface area contributed by atoms with Crippen molar-refractivity contribution in [1.29, 1.82) is 0 Å². The van der Waals surface area contributed by atoms with Gasteiger partial charge in [0.15, 0.2) is 0 Å². The number of rotatable bonds is 1. The fourth-order valence-corrected chi connectivity index (χ4v) is 4.30. The van der Waals surface area contributed by atoms with Crippen LogP contribution in [0.25, 0.3) is 0 Å². The second-order valence-corrected chi connectivity index (χ2v) is 6.58. The highest BCUT2D eigenvalue weighted by Crippen LogP contribution is 2.39. The van der Waals surface area contributed by atoms with E-state index < -0.39 is 0 Å². The van der Waals surface area contributed by atoms with Gasteiger partial charge in [0.05, 0.1) is 5.37 Å². The highest BCUT2D eigenvalue weighted by atomic mass is 79.9. The highest BCUT2D eigenvalue weighted by Gasteiger charge is 2.18. The van der Waals surface area contributed by atoms with Gasteiger partial charge in [0.2, 0.25) is 0 Å². The second-order valence-electron chi connectivity index (χ2n) is 2.83. The molecular weight excluding hydrogens is 290 g/mol. The first-order valence-electron chi connectivity index (χ1n) is 4.07. The molecule has 0 radical (unpaired) electrons. The van der Waals surface area contributed by atoms with Crippen LogP contribution in [0, 0.1) is 0 Å². The Balaban J connectivity index is 2.14. The van der Waals surface area contributed by atoms with E-state index >= 15 is 0 Å². The summed E-state index contributed by atoms with van der Waals surface area (Å²) >= 11 is 13.0. The van der Waals surface area contributed by atoms with E-state index in [1.165, 1.54) is 17.1 Å². The van der Waals surface area contributed by atoms with E-state index in [1.807, 2.05) is 11.8 Å². The summed E-state index contributed by atoms with van der Waals surface area (Å²) in [5, 5.41) is 3.92. The number of thioether (sulfide) groups is 1. The van der Waals surface area contributed by atoms with Gasteiger partial charge in [0.25, 0.3) is 0 Å². The van der Waals surface area contributed by atoms with Gasteiger partial charge in [0, 0.05) is 9.35 Å². The Hall–Kier alpha value is 0.780. The van der Waals surface area contributed by atoms with Crippen molar-refractivity contribution in [3.05, 3.63) is 19.8 Å². The minimum absolute atomic E-state index is 0.447. The molecule has 2 rings (SSSR count). The lowest BCUT2D eigenvalue weighted by molar-refractivity contribution is 0.649. The minimum atomic E-state index is 0.447. The molecule has 1 aromatic rings. The van der Waals surface area contributed by atoms with Gasteiger partial charge in [-0.3, -0.25) is 0 Å². The van der Waals surface area contributed by atoms with Crippen LogP contribution < -0.4 is 5.32 Å². The van der Waals surface area contributed by atoms with Crippen molar-refractivity contribution in [2.45, 2.75) is 11.8 Å². The maximum absolute atomic E-state index is 5.98. The van der Waals surface area contributed by atoms with Crippen molar-refractivity contribution < 1.29 is 0 Å². The van der Waals surface area contributed by atoms with Gasteiger partial charge < -0.3 is 5.32 Å². The van der Waals surface area contributed by atoms with E-state index in [0.29, 0.717) is 5.37 Å². The molecule has 1 nitrogen and oxygen atoms in total. The molecule has 5 heteroatoms. The normalized spacial score (nSPS) is 23.4. The molecule has 13 heavy (non-hydrogen) atoms. The average Bonchev–Trinajstić information content (AvgIpc) is 2.49. The molecule has 0 saturated carbocycles. The number of hydrogen-bond acceptors (Lipinski definition) is 3. The Labute approximate surface area is 99.4 Å². The van der Waals surface area contributed by atoms with Crippen LogP contribution in [0.15, 0.2) is 10.5 Å². The summed E-state index contributed by atoms with van der Waals surface area (Å²) in [7, 11) is 0. The van der Waals surface area contributed by atoms with Crippen LogP contribution in [-0.2, 0) is 0 Å². The molecule has 0 bridgehead atoms. The predicted octanol–water partition coefficient (Wildman–Crippen LogP) is 3.89. The van der Waals surface area contributed by atoms with Crippen molar-refractivity contribution in [3.63, 3.8) is 0 Å². The molecule has 1 atom stereocenters. The van der Waals surface area contributed by atoms with E-state index in [-0.39, 0.29) is 0 Å². The Morgan fingerprint density at radius 2 is 2.46 bits per heavy atom. The van der Waals surface area contributed by atoms with Crippen molar-refractivity contribution in [2.24, 2.45) is 0 Å². The third-order valence-electron chi connectivity index (χ3n) is 1.86. The molecule has 72 valence electrons. The van der Waals surface area contributed by atoms with Gasteiger partial charge in [-0.2, -0.15) is 0 Å². The zero-order chi connectivity index (χ0) is 9.26. The van der Waals surface area contributed by atoms with Crippen molar-refractivity contribution in [1.82, 2.24) is 5.32 Å². The van der Waals surface area contributed by atoms with E-state index in [4.69, 9.17) is 11.6 Å². The quantitative estimate of drug-likeness (QED) is 0.844. The SMILES string of the molecule is Clc1sc(C2NCCCS2)cc1Br. The Kier molecular flexibility index (Phi) is 3.59. The Morgan fingerprint density at radius 3 is 3.00 bits per heavy atom.